The molecule has 0 unspecified atom stereocenters. The van der Waals surface area contributed by atoms with Crippen molar-refractivity contribution < 1.29 is 13.2 Å². The molecular formula is C30H26F3N9. The second kappa shape index (κ2) is 12.1. The van der Waals surface area contributed by atoms with Gasteiger partial charge in [0.2, 0.25) is 0 Å². The molecule has 0 radical (unpaired) electrons. The van der Waals surface area contributed by atoms with Crippen LogP contribution in [0.1, 0.15) is 22.3 Å². The molecule has 0 atom stereocenters. The number of allylic oxidation sites excluding steroid dienone is 1. The van der Waals surface area contributed by atoms with Crippen molar-refractivity contribution >= 4 is 23.1 Å². The first kappa shape index (κ1) is 28.3. The van der Waals surface area contributed by atoms with Crippen LogP contribution in [0.15, 0.2) is 66.4 Å². The van der Waals surface area contributed by atoms with Gasteiger partial charge in [-0.25, -0.2) is 9.50 Å². The maximum absolute atomic E-state index is 12.9. The molecule has 2 N–H and O–H groups in total. The van der Waals surface area contributed by atoms with Gasteiger partial charge in [0.15, 0.2) is 0 Å². The van der Waals surface area contributed by atoms with Crippen LogP contribution in [0.3, 0.4) is 0 Å². The van der Waals surface area contributed by atoms with Crippen LogP contribution >= 0.6 is 0 Å². The summed E-state index contributed by atoms with van der Waals surface area (Å²) in [4.78, 5) is 16.8. The van der Waals surface area contributed by atoms with E-state index in [2.05, 4.69) is 42.8 Å². The molecule has 1 saturated heterocycles. The van der Waals surface area contributed by atoms with Crippen molar-refractivity contribution in [1.82, 2.24) is 24.5 Å². The molecular weight excluding hydrogens is 543 g/mol. The van der Waals surface area contributed by atoms with E-state index in [1.54, 1.807) is 24.0 Å². The average molecular weight is 570 g/mol. The first-order chi connectivity index (χ1) is 20.3. The van der Waals surface area contributed by atoms with E-state index < -0.39 is 11.7 Å². The SMILES string of the molecule is CN=CC(=CN)c1cc(-c2ccc(N3CCN(CC#Cc4cncc(C(F)(F)F)c4)CC3)nc2)c2c(C#N)cnn2c1. The number of halogens is 3. The van der Waals surface area contributed by atoms with Crippen molar-refractivity contribution in [3.63, 3.8) is 0 Å². The molecule has 1 aliphatic heterocycles. The molecule has 212 valence electrons. The van der Waals surface area contributed by atoms with Crippen molar-refractivity contribution in [2.75, 3.05) is 44.7 Å². The third kappa shape index (κ3) is 6.09. The van der Waals surface area contributed by atoms with E-state index in [9.17, 15) is 18.4 Å². The molecule has 0 saturated carbocycles. The smallest absolute Gasteiger partial charge is 0.404 e. The standard InChI is InChI=1S/C30H26F3N9/c1-36-16-24(13-34)23-12-27(29-25(14-35)18-39-42(29)20-23)22-4-5-28(38-17-22)41-9-7-40(8-10-41)6-2-3-21-11-26(19-37-15-21)30(31,32)33/h4-5,11-13,15-20H,6-10,34H2,1H3. The molecule has 4 aromatic rings. The van der Waals surface area contributed by atoms with Crippen LogP contribution in [0.5, 0.6) is 0 Å². The first-order valence-corrected chi connectivity index (χ1v) is 13.0. The monoisotopic (exact) mass is 569 g/mol. The third-order valence-corrected chi connectivity index (χ3v) is 6.87. The molecule has 5 heterocycles. The Bertz CT molecular complexity index is 1750. The fourth-order valence-corrected chi connectivity index (χ4v) is 4.72. The number of anilines is 1. The lowest BCUT2D eigenvalue weighted by Gasteiger charge is -2.34. The first-order valence-electron chi connectivity index (χ1n) is 13.0. The molecule has 9 nitrogen and oxygen atoms in total. The Balaban J connectivity index is 1.28. The Morgan fingerprint density at radius 2 is 1.93 bits per heavy atom. The Hall–Kier alpha value is -5.20. The summed E-state index contributed by atoms with van der Waals surface area (Å²) < 4.78 is 40.4. The van der Waals surface area contributed by atoms with Crippen LogP contribution in [0.4, 0.5) is 19.0 Å². The molecule has 0 spiro atoms. The van der Waals surface area contributed by atoms with Crippen LogP contribution in [0.2, 0.25) is 0 Å². The maximum Gasteiger partial charge on any atom is 0.417 e. The lowest BCUT2D eigenvalue weighted by atomic mass is 10.0. The van der Waals surface area contributed by atoms with Crippen LogP contribution in [-0.2, 0) is 6.18 Å². The zero-order chi connectivity index (χ0) is 29.7. The number of nitrogens with zero attached hydrogens (tertiary/aromatic N) is 8. The summed E-state index contributed by atoms with van der Waals surface area (Å²) in [6.45, 7) is 3.35. The van der Waals surface area contributed by atoms with Gasteiger partial charge in [-0.2, -0.15) is 23.5 Å². The third-order valence-electron chi connectivity index (χ3n) is 6.87. The molecule has 12 heteroatoms. The highest BCUT2D eigenvalue weighted by Gasteiger charge is 2.31. The molecule has 0 amide bonds. The zero-order valence-electron chi connectivity index (χ0n) is 22.7. The van der Waals surface area contributed by atoms with Crippen molar-refractivity contribution in [2.24, 2.45) is 10.7 Å². The molecule has 0 aliphatic carbocycles. The minimum absolute atomic E-state index is 0.238. The number of pyridine rings is 3. The summed E-state index contributed by atoms with van der Waals surface area (Å²) in [5.41, 5.74) is 9.53. The van der Waals surface area contributed by atoms with Gasteiger partial charge in [-0.1, -0.05) is 11.8 Å². The molecule has 42 heavy (non-hydrogen) atoms. The van der Waals surface area contributed by atoms with E-state index in [-0.39, 0.29) is 5.56 Å². The molecule has 1 aliphatic rings. The van der Waals surface area contributed by atoms with Crippen LogP contribution in [0.25, 0.3) is 22.2 Å². The van der Waals surface area contributed by atoms with E-state index in [0.29, 0.717) is 23.2 Å². The van der Waals surface area contributed by atoms with Gasteiger partial charge in [0.25, 0.3) is 0 Å². The highest BCUT2D eigenvalue weighted by Crippen LogP contribution is 2.31. The molecule has 0 aromatic carbocycles. The number of hydrogen-bond donors (Lipinski definition) is 1. The Kier molecular flexibility index (Phi) is 8.18. The normalized spacial score (nSPS) is 14.6. The molecule has 4 aromatic heterocycles. The number of aromatic nitrogens is 4. The van der Waals surface area contributed by atoms with E-state index >= 15 is 0 Å². The summed E-state index contributed by atoms with van der Waals surface area (Å²) in [7, 11) is 1.67. The largest absolute Gasteiger partial charge is 0.417 e. The quantitative estimate of drug-likeness (QED) is 0.287. The summed E-state index contributed by atoms with van der Waals surface area (Å²) in [5, 5.41) is 14.0. The Labute approximate surface area is 240 Å². The number of aliphatic imine (C=N–C) groups is 1. The van der Waals surface area contributed by atoms with Gasteiger partial charge in [0.1, 0.15) is 11.9 Å². The number of nitrogens with two attached hydrogens (primary N) is 1. The number of piperazine rings is 1. The number of alkyl halides is 3. The lowest BCUT2D eigenvalue weighted by Crippen LogP contribution is -2.46. The van der Waals surface area contributed by atoms with E-state index in [0.717, 1.165) is 61.0 Å². The topological polar surface area (TPSA) is 112 Å². The van der Waals surface area contributed by atoms with Gasteiger partial charge in [0.05, 0.1) is 29.4 Å². The van der Waals surface area contributed by atoms with Gasteiger partial charge in [-0.3, -0.25) is 14.9 Å². The van der Waals surface area contributed by atoms with Crippen molar-refractivity contribution in [3.05, 3.63) is 83.7 Å². The highest BCUT2D eigenvalue weighted by atomic mass is 19.4. The van der Waals surface area contributed by atoms with Crippen molar-refractivity contribution in [3.8, 4) is 29.0 Å². The maximum atomic E-state index is 12.9. The zero-order valence-corrected chi connectivity index (χ0v) is 22.7. The Morgan fingerprint density at radius 3 is 2.60 bits per heavy atom. The van der Waals surface area contributed by atoms with Crippen molar-refractivity contribution in [1.29, 1.82) is 5.26 Å². The van der Waals surface area contributed by atoms with E-state index in [1.165, 1.54) is 18.6 Å². The van der Waals surface area contributed by atoms with Crippen LogP contribution < -0.4 is 10.6 Å². The minimum atomic E-state index is -4.45. The van der Waals surface area contributed by atoms with Gasteiger partial charge in [-0.15, -0.1) is 0 Å². The van der Waals surface area contributed by atoms with Gasteiger partial charge < -0.3 is 10.6 Å². The Morgan fingerprint density at radius 1 is 1.12 bits per heavy atom. The number of rotatable bonds is 5. The van der Waals surface area contributed by atoms with Gasteiger partial charge in [0, 0.05) is 98.3 Å². The summed E-state index contributed by atoms with van der Waals surface area (Å²) in [6.07, 6.45) is 5.94. The van der Waals surface area contributed by atoms with Gasteiger partial charge in [-0.05, 0) is 24.3 Å². The fourth-order valence-electron chi connectivity index (χ4n) is 4.72. The van der Waals surface area contributed by atoms with Crippen LogP contribution in [0, 0.1) is 23.2 Å². The number of fused-ring (bicyclic) bond motifs is 1. The summed E-state index contributed by atoms with van der Waals surface area (Å²) in [6, 6.07) is 9.08. The van der Waals surface area contributed by atoms with Crippen molar-refractivity contribution in [2.45, 2.75) is 6.18 Å². The lowest BCUT2D eigenvalue weighted by molar-refractivity contribution is -0.137. The molecule has 1 fully saturated rings. The van der Waals surface area contributed by atoms with E-state index in [1.807, 2.05) is 24.4 Å². The molecule has 0 bridgehead atoms. The minimum Gasteiger partial charge on any atom is -0.404 e. The van der Waals surface area contributed by atoms with Crippen LogP contribution in [-0.4, -0.2) is 70.5 Å². The molecule has 5 rings (SSSR count). The second-order valence-electron chi connectivity index (χ2n) is 9.55. The predicted molar refractivity (Wildman–Crippen MR) is 154 cm³/mol. The number of hydrogen-bond acceptors (Lipinski definition) is 8. The predicted octanol–water partition coefficient (Wildman–Crippen LogP) is 3.86. The summed E-state index contributed by atoms with van der Waals surface area (Å²) >= 11 is 0. The van der Waals surface area contributed by atoms with E-state index in [4.69, 9.17) is 10.7 Å². The highest BCUT2D eigenvalue weighted by molar-refractivity contribution is 6.10. The van der Waals surface area contributed by atoms with Gasteiger partial charge >= 0.3 is 6.18 Å². The summed E-state index contributed by atoms with van der Waals surface area (Å²) in [5.74, 6) is 6.57. The fraction of sp³-hybridized carbons (Fsp3) is 0.233. The number of nitriles is 1. The average Bonchev–Trinajstić information content (AvgIpc) is 3.43. The second-order valence-corrected chi connectivity index (χ2v) is 9.55.